The molecule has 0 aliphatic heterocycles. The molecule has 0 spiro atoms. The summed E-state index contributed by atoms with van der Waals surface area (Å²) in [4.78, 5) is 11.4. The molecule has 140 valence electrons. The number of rotatable bonds is 6. The number of aryl methyl sites for hydroxylation is 2. The zero-order valence-corrected chi connectivity index (χ0v) is 17.5. The van der Waals surface area contributed by atoms with Crippen LogP contribution in [0, 0.1) is 13.8 Å². The molecule has 27 heavy (non-hydrogen) atoms. The topological polar surface area (TPSA) is 103 Å². The van der Waals surface area contributed by atoms with Gasteiger partial charge in [0.1, 0.15) is 22.2 Å². The minimum Gasteiger partial charge on any atom is -0.467 e. The van der Waals surface area contributed by atoms with E-state index in [1.165, 1.54) is 16.2 Å². The van der Waals surface area contributed by atoms with Gasteiger partial charge in [-0.25, -0.2) is 9.97 Å². The Morgan fingerprint density at radius 2 is 2.11 bits per heavy atom. The van der Waals surface area contributed by atoms with Gasteiger partial charge in [-0.1, -0.05) is 23.1 Å². The second kappa shape index (κ2) is 7.45. The maximum absolute atomic E-state index is 6.19. The predicted octanol–water partition coefficient (Wildman–Crippen LogP) is 4.80. The highest BCUT2D eigenvalue weighted by molar-refractivity contribution is 8.01. The Labute approximate surface area is 168 Å². The van der Waals surface area contributed by atoms with Crippen molar-refractivity contribution in [2.24, 2.45) is 0 Å². The van der Waals surface area contributed by atoms with E-state index in [1.54, 1.807) is 29.4 Å². The molecule has 3 N–H and O–H groups in total. The summed E-state index contributed by atoms with van der Waals surface area (Å²) in [5.74, 6) is 2.11. The Morgan fingerprint density at radius 1 is 1.26 bits per heavy atom. The fourth-order valence-corrected chi connectivity index (χ4v) is 5.57. The van der Waals surface area contributed by atoms with Crippen LogP contribution in [0.25, 0.3) is 10.2 Å². The van der Waals surface area contributed by atoms with Gasteiger partial charge in [-0.15, -0.1) is 21.5 Å². The third-order valence-electron chi connectivity index (χ3n) is 4.12. The van der Waals surface area contributed by atoms with Crippen LogP contribution in [0.5, 0.6) is 0 Å². The molecule has 0 amide bonds. The zero-order chi connectivity index (χ0) is 19.0. The molecule has 0 aliphatic rings. The molecule has 0 saturated carbocycles. The number of hydrogen-bond acceptors (Lipinski definition) is 10. The lowest BCUT2D eigenvalue weighted by molar-refractivity contribution is 0.518. The standard InChI is InChI=1S/C17H18N6OS3/c1-8-9(2)25-15-12(8)13(18)20-14(21-15)10(3)26-17-23-22-16(27-17)19-7-11-5-4-6-24-11/h4-6,10H,7H2,1-3H3,(H,19,22)(H2,18,20,21). The lowest BCUT2D eigenvalue weighted by Crippen LogP contribution is -2.02. The van der Waals surface area contributed by atoms with E-state index in [0.717, 1.165) is 31.0 Å². The zero-order valence-electron chi connectivity index (χ0n) is 15.0. The number of furan rings is 1. The van der Waals surface area contributed by atoms with Gasteiger partial charge in [0.2, 0.25) is 5.13 Å². The number of thioether (sulfide) groups is 1. The smallest absolute Gasteiger partial charge is 0.206 e. The average Bonchev–Trinajstić information content (AvgIpc) is 3.35. The fourth-order valence-electron chi connectivity index (χ4n) is 2.59. The molecule has 0 radical (unpaired) electrons. The van der Waals surface area contributed by atoms with Crippen LogP contribution in [-0.2, 0) is 6.54 Å². The highest BCUT2D eigenvalue weighted by Gasteiger charge is 2.18. The maximum Gasteiger partial charge on any atom is 0.206 e. The van der Waals surface area contributed by atoms with Gasteiger partial charge in [0, 0.05) is 4.88 Å². The first-order valence-corrected chi connectivity index (χ1v) is 10.8. The molecule has 10 heteroatoms. The Bertz CT molecular complexity index is 1070. The van der Waals surface area contributed by atoms with Crippen molar-refractivity contribution in [3.8, 4) is 0 Å². The molecule has 7 nitrogen and oxygen atoms in total. The number of nitrogens with one attached hydrogen (secondary N) is 1. The van der Waals surface area contributed by atoms with E-state index in [0.29, 0.717) is 18.2 Å². The second-order valence-corrected chi connectivity index (χ2v) is 9.77. The summed E-state index contributed by atoms with van der Waals surface area (Å²) in [6.45, 7) is 6.77. The van der Waals surface area contributed by atoms with Crippen LogP contribution in [0.15, 0.2) is 27.2 Å². The fraction of sp³-hybridized carbons (Fsp3) is 0.294. The van der Waals surface area contributed by atoms with Crippen molar-refractivity contribution >= 4 is 55.6 Å². The first kappa shape index (κ1) is 18.2. The molecule has 4 rings (SSSR count). The number of nitrogens with two attached hydrogens (primary N) is 1. The van der Waals surface area contributed by atoms with Crippen LogP contribution >= 0.6 is 34.4 Å². The van der Waals surface area contributed by atoms with Crippen molar-refractivity contribution in [2.45, 2.75) is 36.9 Å². The van der Waals surface area contributed by atoms with Crippen molar-refractivity contribution in [1.29, 1.82) is 0 Å². The summed E-state index contributed by atoms with van der Waals surface area (Å²) >= 11 is 4.73. The summed E-state index contributed by atoms with van der Waals surface area (Å²) in [5.41, 5.74) is 7.36. The first-order valence-electron chi connectivity index (χ1n) is 8.30. The molecule has 1 atom stereocenters. The van der Waals surface area contributed by atoms with Crippen molar-refractivity contribution in [3.05, 3.63) is 40.4 Å². The van der Waals surface area contributed by atoms with Crippen LogP contribution in [0.1, 0.15) is 34.2 Å². The summed E-state index contributed by atoms with van der Waals surface area (Å²) in [5, 5.41) is 13.4. The molecule has 0 fully saturated rings. The molecule has 4 aromatic rings. The number of anilines is 2. The lowest BCUT2D eigenvalue weighted by atomic mass is 10.2. The van der Waals surface area contributed by atoms with Gasteiger partial charge >= 0.3 is 0 Å². The molecule has 0 aliphatic carbocycles. The summed E-state index contributed by atoms with van der Waals surface area (Å²) in [6.07, 6.45) is 1.65. The van der Waals surface area contributed by atoms with E-state index in [4.69, 9.17) is 15.1 Å². The minimum absolute atomic E-state index is 0.0188. The van der Waals surface area contributed by atoms with E-state index >= 15 is 0 Å². The molecule has 0 aromatic carbocycles. The van der Waals surface area contributed by atoms with Crippen LogP contribution in [-0.4, -0.2) is 20.2 Å². The summed E-state index contributed by atoms with van der Waals surface area (Å²) in [7, 11) is 0. The van der Waals surface area contributed by atoms with E-state index in [1.807, 2.05) is 12.1 Å². The highest BCUT2D eigenvalue weighted by atomic mass is 32.2. The third-order valence-corrected chi connectivity index (χ3v) is 7.28. The summed E-state index contributed by atoms with van der Waals surface area (Å²) < 4.78 is 6.15. The van der Waals surface area contributed by atoms with Gasteiger partial charge in [0.25, 0.3) is 0 Å². The normalized spacial score (nSPS) is 12.6. The van der Waals surface area contributed by atoms with Crippen LogP contribution in [0.2, 0.25) is 0 Å². The number of nitrogens with zero attached hydrogens (tertiary/aromatic N) is 4. The number of nitrogen functional groups attached to an aromatic ring is 1. The molecule has 1 unspecified atom stereocenters. The van der Waals surface area contributed by atoms with Crippen LogP contribution in [0.3, 0.4) is 0 Å². The maximum atomic E-state index is 6.19. The number of aromatic nitrogens is 4. The number of hydrogen-bond donors (Lipinski definition) is 2. The lowest BCUT2D eigenvalue weighted by Gasteiger charge is -2.08. The SMILES string of the molecule is Cc1sc2nc(C(C)Sc3nnc(NCc4ccco4)s3)nc(N)c2c1C. The van der Waals surface area contributed by atoms with Gasteiger partial charge in [-0.3, -0.25) is 0 Å². The Hall–Kier alpha value is -2.17. The third kappa shape index (κ3) is 3.78. The molecular formula is C17H18N6OS3. The van der Waals surface area contributed by atoms with Crippen molar-refractivity contribution in [3.63, 3.8) is 0 Å². The van der Waals surface area contributed by atoms with Gasteiger partial charge in [0.15, 0.2) is 4.34 Å². The summed E-state index contributed by atoms with van der Waals surface area (Å²) in [6, 6.07) is 3.77. The van der Waals surface area contributed by atoms with Crippen molar-refractivity contribution < 1.29 is 4.42 Å². The van der Waals surface area contributed by atoms with E-state index in [9.17, 15) is 0 Å². The largest absolute Gasteiger partial charge is 0.467 e. The minimum atomic E-state index is 0.0188. The van der Waals surface area contributed by atoms with E-state index < -0.39 is 0 Å². The molecule has 4 heterocycles. The van der Waals surface area contributed by atoms with E-state index in [2.05, 4.69) is 41.3 Å². The predicted molar refractivity (Wildman–Crippen MR) is 112 cm³/mol. The molecular weight excluding hydrogens is 400 g/mol. The van der Waals surface area contributed by atoms with Crippen LogP contribution in [0.4, 0.5) is 10.9 Å². The van der Waals surface area contributed by atoms with Gasteiger partial charge in [-0.2, -0.15) is 0 Å². The van der Waals surface area contributed by atoms with Crippen molar-refractivity contribution in [1.82, 2.24) is 20.2 Å². The Kier molecular flexibility index (Phi) is 5.02. The quantitative estimate of drug-likeness (QED) is 0.430. The van der Waals surface area contributed by atoms with Crippen LogP contribution < -0.4 is 11.1 Å². The van der Waals surface area contributed by atoms with Gasteiger partial charge < -0.3 is 15.5 Å². The Balaban J connectivity index is 1.47. The number of fused-ring (bicyclic) bond motifs is 1. The Morgan fingerprint density at radius 3 is 2.89 bits per heavy atom. The first-order chi connectivity index (χ1) is 13.0. The number of thiophene rings is 1. The molecule has 4 aromatic heterocycles. The molecule has 0 bridgehead atoms. The van der Waals surface area contributed by atoms with E-state index in [-0.39, 0.29) is 5.25 Å². The molecule has 0 saturated heterocycles. The highest BCUT2D eigenvalue weighted by Crippen LogP contribution is 2.39. The van der Waals surface area contributed by atoms with Crippen molar-refractivity contribution in [2.75, 3.05) is 11.1 Å². The second-order valence-electron chi connectivity index (χ2n) is 6.00. The van der Waals surface area contributed by atoms with Gasteiger partial charge in [0.05, 0.1) is 23.4 Å². The van der Waals surface area contributed by atoms with Gasteiger partial charge in [-0.05, 0) is 38.5 Å². The average molecular weight is 419 g/mol. The monoisotopic (exact) mass is 418 g/mol.